The molecule has 13 heteroatoms. The summed E-state index contributed by atoms with van der Waals surface area (Å²) in [5.74, 6) is -3.14. The predicted octanol–water partition coefficient (Wildman–Crippen LogP) is 2.29. The summed E-state index contributed by atoms with van der Waals surface area (Å²) in [6.45, 7) is 4.03. The van der Waals surface area contributed by atoms with Crippen LogP contribution in [0.4, 0.5) is 0 Å². The van der Waals surface area contributed by atoms with Crippen molar-refractivity contribution in [1.82, 2.24) is 0 Å². The van der Waals surface area contributed by atoms with Crippen LogP contribution >= 0.6 is 0 Å². The van der Waals surface area contributed by atoms with E-state index in [1.165, 1.54) is 19.2 Å². The standard InChI is InChI=1S/C29H32O13/c1-15(30)37-14-25-26(38-16(2)31)27(39-17(3)32)28(40-18(4)33)29(42-25)41-21-10-11-22(24(35)13-21)23(34)12-19-6-8-20(36-5)9-7-19/h6-11,13,25-29,35H,12,14H2,1-5H3/t25-,26-,27+,28-,29-/m1/s1. The zero-order valence-electron chi connectivity index (χ0n) is 23.7. The van der Waals surface area contributed by atoms with E-state index < -0.39 is 66.9 Å². The lowest BCUT2D eigenvalue weighted by Crippen LogP contribution is -2.63. The van der Waals surface area contributed by atoms with Crippen molar-refractivity contribution < 1.29 is 62.2 Å². The zero-order valence-corrected chi connectivity index (χ0v) is 23.7. The van der Waals surface area contributed by atoms with E-state index in [0.717, 1.165) is 33.8 Å². The van der Waals surface area contributed by atoms with Crippen LogP contribution in [0, 0.1) is 0 Å². The van der Waals surface area contributed by atoms with E-state index in [2.05, 4.69) is 0 Å². The summed E-state index contributed by atoms with van der Waals surface area (Å²) in [5, 5.41) is 10.6. The van der Waals surface area contributed by atoms with Crippen LogP contribution in [0.5, 0.6) is 17.2 Å². The van der Waals surface area contributed by atoms with E-state index in [1.807, 2.05) is 0 Å². The highest BCUT2D eigenvalue weighted by molar-refractivity contribution is 6.00. The second-order valence-electron chi connectivity index (χ2n) is 9.31. The molecule has 1 fully saturated rings. The highest BCUT2D eigenvalue weighted by Gasteiger charge is 2.53. The van der Waals surface area contributed by atoms with Gasteiger partial charge in [-0.1, -0.05) is 12.1 Å². The SMILES string of the molecule is COc1ccc(CC(=O)c2ccc(O[C@@H]3O[C@H](COC(C)=O)[C@@H](OC(C)=O)[C@H](OC(C)=O)[C@H]3OC(C)=O)cc2O)cc1. The molecule has 1 saturated heterocycles. The normalized spacial score (nSPS) is 21.4. The van der Waals surface area contributed by atoms with Gasteiger partial charge in [0.25, 0.3) is 0 Å². The Labute approximate surface area is 241 Å². The van der Waals surface area contributed by atoms with Crippen LogP contribution in [0.3, 0.4) is 0 Å². The molecule has 0 amide bonds. The fraction of sp³-hybridized carbons (Fsp3) is 0.414. The number of esters is 4. The van der Waals surface area contributed by atoms with Crippen molar-refractivity contribution in [3.8, 4) is 17.2 Å². The van der Waals surface area contributed by atoms with Gasteiger partial charge in [0, 0.05) is 40.2 Å². The van der Waals surface area contributed by atoms with Crippen LogP contribution in [0.25, 0.3) is 0 Å². The van der Waals surface area contributed by atoms with Gasteiger partial charge in [-0.25, -0.2) is 0 Å². The molecule has 0 bridgehead atoms. The first-order valence-electron chi connectivity index (χ1n) is 12.8. The zero-order chi connectivity index (χ0) is 31.0. The van der Waals surface area contributed by atoms with Gasteiger partial charge in [0.2, 0.25) is 12.4 Å². The minimum absolute atomic E-state index is 0.00519. The second-order valence-corrected chi connectivity index (χ2v) is 9.31. The van der Waals surface area contributed by atoms with Crippen molar-refractivity contribution in [3.05, 3.63) is 53.6 Å². The third-order valence-corrected chi connectivity index (χ3v) is 5.99. The number of phenols is 1. The maximum atomic E-state index is 12.9. The van der Waals surface area contributed by atoms with Crippen LogP contribution in [0.1, 0.15) is 43.6 Å². The Kier molecular flexibility index (Phi) is 10.9. The van der Waals surface area contributed by atoms with Gasteiger partial charge in [-0.2, -0.15) is 0 Å². The van der Waals surface area contributed by atoms with E-state index in [1.54, 1.807) is 24.3 Å². The summed E-state index contributed by atoms with van der Waals surface area (Å²) in [6, 6.07) is 10.8. The summed E-state index contributed by atoms with van der Waals surface area (Å²) >= 11 is 0. The molecule has 1 heterocycles. The Morgan fingerprint density at radius 3 is 1.88 bits per heavy atom. The number of carbonyl (C=O) groups excluding carboxylic acids is 5. The van der Waals surface area contributed by atoms with E-state index in [-0.39, 0.29) is 23.5 Å². The van der Waals surface area contributed by atoms with Gasteiger partial charge < -0.3 is 38.3 Å². The molecule has 1 aliphatic heterocycles. The van der Waals surface area contributed by atoms with Crippen LogP contribution in [-0.2, 0) is 49.3 Å². The number of phenolic OH excluding ortho intramolecular Hbond substituents is 1. The summed E-state index contributed by atoms with van der Waals surface area (Å²) in [4.78, 5) is 60.2. The van der Waals surface area contributed by atoms with Crippen LogP contribution in [0.2, 0.25) is 0 Å². The summed E-state index contributed by atoms with van der Waals surface area (Å²) in [7, 11) is 1.53. The van der Waals surface area contributed by atoms with Crippen molar-refractivity contribution in [2.45, 2.75) is 64.8 Å². The Balaban J connectivity index is 1.89. The van der Waals surface area contributed by atoms with Gasteiger partial charge in [0.15, 0.2) is 18.0 Å². The first-order valence-corrected chi connectivity index (χ1v) is 12.8. The number of hydrogen-bond donors (Lipinski definition) is 1. The van der Waals surface area contributed by atoms with E-state index in [4.69, 9.17) is 33.2 Å². The number of methoxy groups -OCH3 is 1. The first-order chi connectivity index (χ1) is 19.9. The molecule has 1 aliphatic rings. The predicted molar refractivity (Wildman–Crippen MR) is 142 cm³/mol. The van der Waals surface area contributed by atoms with E-state index in [0.29, 0.717) is 11.3 Å². The molecule has 5 atom stereocenters. The average molecular weight is 589 g/mol. The molecule has 0 saturated carbocycles. The molecule has 0 unspecified atom stereocenters. The highest BCUT2D eigenvalue weighted by atomic mass is 16.7. The van der Waals surface area contributed by atoms with Crippen molar-refractivity contribution in [3.63, 3.8) is 0 Å². The summed E-state index contributed by atoms with van der Waals surface area (Å²) in [6.07, 6.45) is -6.92. The fourth-order valence-electron chi connectivity index (χ4n) is 4.26. The lowest BCUT2D eigenvalue weighted by atomic mass is 9.98. The molecule has 0 spiro atoms. The number of ether oxygens (including phenoxy) is 7. The van der Waals surface area contributed by atoms with E-state index in [9.17, 15) is 29.1 Å². The molecule has 0 aliphatic carbocycles. The third kappa shape index (κ3) is 8.67. The molecular weight excluding hydrogens is 556 g/mol. The number of rotatable bonds is 11. The summed E-state index contributed by atoms with van der Waals surface area (Å²) < 4.78 is 38.0. The van der Waals surface area contributed by atoms with Crippen LogP contribution in [-0.4, -0.2) is 79.2 Å². The Morgan fingerprint density at radius 1 is 0.762 bits per heavy atom. The molecule has 42 heavy (non-hydrogen) atoms. The van der Waals surface area contributed by atoms with Gasteiger partial charge in [0.1, 0.15) is 30.0 Å². The van der Waals surface area contributed by atoms with Crippen molar-refractivity contribution >= 4 is 29.7 Å². The molecule has 2 aromatic rings. The molecule has 0 radical (unpaired) electrons. The Morgan fingerprint density at radius 2 is 1.33 bits per heavy atom. The minimum Gasteiger partial charge on any atom is -0.507 e. The maximum absolute atomic E-state index is 12.9. The van der Waals surface area contributed by atoms with Gasteiger partial charge >= 0.3 is 23.9 Å². The largest absolute Gasteiger partial charge is 0.507 e. The van der Waals surface area contributed by atoms with Crippen molar-refractivity contribution in [2.24, 2.45) is 0 Å². The number of Topliss-reactive ketones (excluding diaryl/α,β-unsaturated/α-hetero) is 1. The Hall–Kier alpha value is -4.65. The molecule has 0 aromatic heterocycles. The first kappa shape index (κ1) is 31.9. The third-order valence-electron chi connectivity index (χ3n) is 5.99. The van der Waals surface area contributed by atoms with Crippen LogP contribution < -0.4 is 9.47 Å². The molecule has 226 valence electrons. The topological polar surface area (TPSA) is 170 Å². The lowest BCUT2D eigenvalue weighted by Gasteiger charge is -2.43. The second kappa shape index (κ2) is 14.3. The molecule has 1 N–H and O–H groups in total. The smallest absolute Gasteiger partial charge is 0.303 e. The van der Waals surface area contributed by atoms with E-state index >= 15 is 0 Å². The van der Waals surface area contributed by atoms with Gasteiger partial charge in [-0.15, -0.1) is 0 Å². The number of hydrogen-bond acceptors (Lipinski definition) is 13. The lowest BCUT2D eigenvalue weighted by molar-refractivity contribution is -0.288. The van der Waals surface area contributed by atoms with Gasteiger partial charge in [-0.05, 0) is 29.8 Å². The van der Waals surface area contributed by atoms with Crippen molar-refractivity contribution in [2.75, 3.05) is 13.7 Å². The number of benzene rings is 2. The fourth-order valence-corrected chi connectivity index (χ4v) is 4.26. The van der Waals surface area contributed by atoms with Gasteiger partial charge in [0.05, 0.1) is 12.7 Å². The van der Waals surface area contributed by atoms with Crippen LogP contribution in [0.15, 0.2) is 42.5 Å². The Bertz CT molecular complexity index is 1300. The molecule has 13 nitrogen and oxygen atoms in total. The van der Waals surface area contributed by atoms with Gasteiger partial charge in [-0.3, -0.25) is 24.0 Å². The summed E-state index contributed by atoms with van der Waals surface area (Å²) in [5.41, 5.74) is 0.734. The number of aromatic hydroxyl groups is 1. The minimum atomic E-state index is -1.49. The highest BCUT2D eigenvalue weighted by Crippen LogP contribution is 2.33. The van der Waals surface area contributed by atoms with Crippen molar-refractivity contribution in [1.29, 1.82) is 0 Å². The average Bonchev–Trinajstić information content (AvgIpc) is 2.90. The molecular formula is C29H32O13. The molecule has 3 rings (SSSR count). The monoisotopic (exact) mass is 588 g/mol. The maximum Gasteiger partial charge on any atom is 0.303 e. The number of ketones is 1. The number of carbonyl (C=O) groups is 5. The quantitative estimate of drug-likeness (QED) is 0.231. The molecule has 2 aromatic carbocycles.